The van der Waals surface area contributed by atoms with Gasteiger partial charge in [-0.2, -0.15) is 4.98 Å². The highest BCUT2D eigenvalue weighted by Crippen LogP contribution is 2.34. The number of amides is 1. The molecule has 0 N–H and O–H groups in total. The molecule has 4 rings (SSSR count). The van der Waals surface area contributed by atoms with Crippen molar-refractivity contribution in [3.63, 3.8) is 0 Å². The number of carbonyl (C=O) groups excluding carboxylic acids is 1. The number of nitrogens with zero attached hydrogens (tertiary/aromatic N) is 3. The first kappa shape index (κ1) is 18.2. The molecule has 0 unspecified atom stereocenters. The van der Waals surface area contributed by atoms with Crippen LogP contribution in [0.4, 0.5) is 4.39 Å². The third kappa shape index (κ3) is 3.24. The van der Waals surface area contributed by atoms with Crippen molar-refractivity contribution in [1.29, 1.82) is 0 Å². The number of hydrogen-bond donors (Lipinski definition) is 0. The Labute approximate surface area is 161 Å². The second kappa shape index (κ2) is 7.42. The van der Waals surface area contributed by atoms with Gasteiger partial charge in [0.05, 0.1) is 12.7 Å². The number of halogens is 1. The summed E-state index contributed by atoms with van der Waals surface area (Å²) in [4.78, 5) is 19.1. The third-order valence-electron chi connectivity index (χ3n) is 5.01. The molecule has 7 heteroatoms. The number of carbonyl (C=O) groups is 1. The molecule has 2 heterocycles. The highest BCUT2D eigenvalue weighted by Gasteiger charge is 2.35. The summed E-state index contributed by atoms with van der Waals surface area (Å²) in [5.41, 5.74) is 1.55. The SMILES string of the molecule is COc1ccccc1-c1noc([C@@H]2CCCN2C(=O)c2ccc(C)c(F)c2)n1. The molecule has 1 saturated heterocycles. The van der Waals surface area contributed by atoms with E-state index in [1.807, 2.05) is 24.3 Å². The molecule has 3 aromatic rings. The van der Waals surface area contributed by atoms with Crippen LogP contribution in [0.15, 0.2) is 47.0 Å². The van der Waals surface area contributed by atoms with Crippen LogP contribution in [0.2, 0.25) is 0 Å². The number of benzene rings is 2. The van der Waals surface area contributed by atoms with E-state index in [0.717, 1.165) is 12.0 Å². The molecule has 144 valence electrons. The lowest BCUT2D eigenvalue weighted by molar-refractivity contribution is 0.0709. The molecule has 1 atom stereocenters. The van der Waals surface area contributed by atoms with Crippen LogP contribution in [0.5, 0.6) is 5.75 Å². The number of hydrogen-bond acceptors (Lipinski definition) is 5. The number of likely N-dealkylation sites (tertiary alicyclic amines) is 1. The van der Waals surface area contributed by atoms with Crippen LogP contribution in [-0.4, -0.2) is 34.6 Å². The molecular weight excluding hydrogens is 361 g/mol. The summed E-state index contributed by atoms with van der Waals surface area (Å²) in [5.74, 6) is 0.799. The van der Waals surface area contributed by atoms with Gasteiger partial charge in [-0.3, -0.25) is 4.79 Å². The van der Waals surface area contributed by atoms with E-state index in [-0.39, 0.29) is 11.9 Å². The fourth-order valence-electron chi connectivity index (χ4n) is 3.47. The molecule has 0 bridgehead atoms. The Morgan fingerprint density at radius 3 is 2.89 bits per heavy atom. The minimum absolute atomic E-state index is 0.238. The fourth-order valence-corrected chi connectivity index (χ4v) is 3.47. The average Bonchev–Trinajstić information content (AvgIpc) is 3.38. The number of aromatic nitrogens is 2. The standard InChI is InChI=1S/C21H20FN3O3/c1-13-9-10-14(12-16(13)22)21(26)25-11-5-7-17(25)20-23-19(24-28-20)15-6-3-4-8-18(15)27-2/h3-4,6,8-10,12,17H,5,7,11H2,1-2H3/t17-/m0/s1. The molecule has 2 aromatic carbocycles. The lowest BCUT2D eigenvalue weighted by Gasteiger charge is -2.22. The number of ether oxygens (including phenoxy) is 1. The maximum atomic E-state index is 13.9. The van der Waals surface area contributed by atoms with Gasteiger partial charge in [0.25, 0.3) is 5.91 Å². The van der Waals surface area contributed by atoms with Gasteiger partial charge in [0, 0.05) is 12.1 Å². The van der Waals surface area contributed by atoms with Crippen molar-refractivity contribution < 1.29 is 18.4 Å². The molecule has 1 amide bonds. The molecule has 1 aliphatic heterocycles. The Kier molecular flexibility index (Phi) is 4.81. The van der Waals surface area contributed by atoms with Crippen LogP contribution >= 0.6 is 0 Å². The summed E-state index contributed by atoms with van der Waals surface area (Å²) in [5, 5.41) is 4.07. The molecule has 0 radical (unpaired) electrons. The van der Waals surface area contributed by atoms with Crippen LogP contribution in [-0.2, 0) is 0 Å². The number of rotatable bonds is 4. The summed E-state index contributed by atoms with van der Waals surface area (Å²) in [6.45, 7) is 2.23. The molecule has 1 aromatic heterocycles. The summed E-state index contributed by atoms with van der Waals surface area (Å²) < 4.78 is 24.7. The van der Waals surface area contributed by atoms with Crippen LogP contribution in [0, 0.1) is 12.7 Å². The molecule has 28 heavy (non-hydrogen) atoms. The van der Waals surface area contributed by atoms with Crippen LogP contribution in [0.25, 0.3) is 11.4 Å². The van der Waals surface area contributed by atoms with Crippen LogP contribution in [0.1, 0.15) is 40.7 Å². The van der Waals surface area contributed by atoms with E-state index in [1.165, 1.54) is 6.07 Å². The highest BCUT2D eigenvalue weighted by atomic mass is 19.1. The minimum atomic E-state index is -0.391. The molecule has 0 spiro atoms. The van der Waals surface area contributed by atoms with Crippen molar-refractivity contribution in [1.82, 2.24) is 15.0 Å². The van der Waals surface area contributed by atoms with Gasteiger partial charge < -0.3 is 14.2 Å². The van der Waals surface area contributed by atoms with Crippen molar-refractivity contribution in [2.24, 2.45) is 0 Å². The predicted octanol–water partition coefficient (Wildman–Crippen LogP) is 4.17. The topological polar surface area (TPSA) is 68.5 Å². The van der Waals surface area contributed by atoms with Gasteiger partial charge in [0.1, 0.15) is 17.6 Å². The molecule has 1 fully saturated rings. The Balaban J connectivity index is 1.61. The summed E-state index contributed by atoms with van der Waals surface area (Å²) in [7, 11) is 1.58. The Bertz CT molecular complexity index is 1020. The van der Waals surface area contributed by atoms with Gasteiger partial charge in [-0.1, -0.05) is 23.4 Å². The van der Waals surface area contributed by atoms with Gasteiger partial charge in [0.15, 0.2) is 0 Å². The van der Waals surface area contributed by atoms with Gasteiger partial charge in [-0.25, -0.2) is 4.39 Å². The quantitative estimate of drug-likeness (QED) is 0.678. The van der Waals surface area contributed by atoms with E-state index in [4.69, 9.17) is 9.26 Å². The van der Waals surface area contributed by atoms with Gasteiger partial charge in [0.2, 0.25) is 11.7 Å². The monoisotopic (exact) mass is 381 g/mol. The van der Waals surface area contributed by atoms with E-state index >= 15 is 0 Å². The first-order chi connectivity index (χ1) is 13.6. The fraction of sp³-hybridized carbons (Fsp3) is 0.286. The first-order valence-corrected chi connectivity index (χ1v) is 9.12. The summed E-state index contributed by atoms with van der Waals surface area (Å²) in [6, 6.07) is 11.6. The molecule has 0 aliphatic carbocycles. The molecule has 1 aliphatic rings. The normalized spacial score (nSPS) is 16.4. The molecule has 0 saturated carbocycles. The van der Waals surface area contributed by atoms with E-state index in [2.05, 4.69) is 10.1 Å². The van der Waals surface area contributed by atoms with Gasteiger partial charge >= 0.3 is 0 Å². The Hall–Kier alpha value is -3.22. The van der Waals surface area contributed by atoms with E-state index in [9.17, 15) is 9.18 Å². The zero-order chi connectivity index (χ0) is 19.7. The lowest BCUT2D eigenvalue weighted by atomic mass is 10.1. The summed E-state index contributed by atoms with van der Waals surface area (Å²) >= 11 is 0. The summed E-state index contributed by atoms with van der Waals surface area (Å²) in [6.07, 6.45) is 1.53. The second-order valence-electron chi connectivity index (χ2n) is 6.78. The number of methoxy groups -OCH3 is 1. The zero-order valence-corrected chi connectivity index (χ0v) is 15.7. The Morgan fingerprint density at radius 1 is 1.29 bits per heavy atom. The lowest BCUT2D eigenvalue weighted by Crippen LogP contribution is -2.30. The largest absolute Gasteiger partial charge is 0.496 e. The predicted molar refractivity (Wildman–Crippen MR) is 100 cm³/mol. The third-order valence-corrected chi connectivity index (χ3v) is 5.01. The van der Waals surface area contributed by atoms with E-state index in [0.29, 0.717) is 41.6 Å². The number of para-hydroxylation sites is 1. The average molecular weight is 381 g/mol. The number of aryl methyl sites for hydroxylation is 1. The van der Waals surface area contributed by atoms with Crippen molar-refractivity contribution in [3.8, 4) is 17.1 Å². The maximum absolute atomic E-state index is 13.9. The molecular formula is C21H20FN3O3. The van der Waals surface area contributed by atoms with Crippen LogP contribution < -0.4 is 4.74 Å². The van der Waals surface area contributed by atoms with Crippen molar-refractivity contribution in [2.45, 2.75) is 25.8 Å². The minimum Gasteiger partial charge on any atom is -0.496 e. The van der Waals surface area contributed by atoms with Gasteiger partial charge in [-0.05, 0) is 49.6 Å². The Morgan fingerprint density at radius 2 is 2.11 bits per heavy atom. The first-order valence-electron chi connectivity index (χ1n) is 9.12. The van der Waals surface area contributed by atoms with E-state index < -0.39 is 5.82 Å². The van der Waals surface area contributed by atoms with Gasteiger partial charge in [-0.15, -0.1) is 0 Å². The molecule has 6 nitrogen and oxygen atoms in total. The van der Waals surface area contributed by atoms with Crippen molar-refractivity contribution in [3.05, 3.63) is 65.3 Å². The second-order valence-corrected chi connectivity index (χ2v) is 6.78. The van der Waals surface area contributed by atoms with Crippen molar-refractivity contribution >= 4 is 5.91 Å². The highest BCUT2D eigenvalue weighted by molar-refractivity contribution is 5.94. The van der Waals surface area contributed by atoms with Crippen LogP contribution in [0.3, 0.4) is 0 Å². The van der Waals surface area contributed by atoms with Crippen molar-refractivity contribution in [2.75, 3.05) is 13.7 Å². The maximum Gasteiger partial charge on any atom is 0.254 e. The smallest absolute Gasteiger partial charge is 0.254 e. The van der Waals surface area contributed by atoms with E-state index in [1.54, 1.807) is 31.1 Å². The zero-order valence-electron chi connectivity index (χ0n) is 15.7.